The highest BCUT2D eigenvalue weighted by Crippen LogP contribution is 2.18. The summed E-state index contributed by atoms with van der Waals surface area (Å²) in [6.07, 6.45) is 4.18. The lowest BCUT2D eigenvalue weighted by Crippen LogP contribution is -2.51. The number of hydrogen-bond acceptors (Lipinski definition) is 3. The molecule has 0 aliphatic carbocycles. The van der Waals surface area contributed by atoms with Gasteiger partial charge in [-0.15, -0.1) is 0 Å². The van der Waals surface area contributed by atoms with E-state index >= 15 is 0 Å². The van der Waals surface area contributed by atoms with Gasteiger partial charge in [-0.05, 0) is 43.0 Å². The van der Waals surface area contributed by atoms with Crippen molar-refractivity contribution in [3.05, 3.63) is 29.3 Å². The average Bonchev–Trinajstić information content (AvgIpc) is 2.81. The van der Waals surface area contributed by atoms with Crippen molar-refractivity contribution in [1.82, 2.24) is 9.62 Å². The second-order valence-corrected chi connectivity index (χ2v) is 8.69. The molecule has 1 fully saturated rings. The standard InChI is InChI=1S/C17H25ClN2O3S/c1-13(2)16(17(21)20-11-5-3-4-6-12-20)19-24(22,23)15-9-7-14(18)8-10-15/h7-10,13,16,19H,3-6,11-12H2,1-2H3/t16-/m0/s1. The predicted octanol–water partition coefficient (Wildman–Crippen LogP) is 3.05. The number of likely N-dealkylation sites (tertiary alicyclic amines) is 1. The molecule has 1 N–H and O–H groups in total. The largest absolute Gasteiger partial charge is 0.341 e. The first-order valence-electron chi connectivity index (χ1n) is 8.38. The van der Waals surface area contributed by atoms with Crippen molar-refractivity contribution < 1.29 is 13.2 Å². The summed E-state index contributed by atoms with van der Waals surface area (Å²) in [5.74, 6) is -0.271. The number of benzene rings is 1. The molecule has 1 aliphatic heterocycles. The Morgan fingerprint density at radius 3 is 2.12 bits per heavy atom. The predicted molar refractivity (Wildman–Crippen MR) is 95.4 cm³/mol. The molecule has 24 heavy (non-hydrogen) atoms. The molecule has 2 rings (SSSR count). The van der Waals surface area contributed by atoms with E-state index in [4.69, 9.17) is 11.6 Å². The Morgan fingerprint density at radius 1 is 1.08 bits per heavy atom. The number of nitrogens with zero attached hydrogens (tertiary/aromatic N) is 1. The monoisotopic (exact) mass is 372 g/mol. The minimum absolute atomic E-state index is 0.112. The lowest BCUT2D eigenvalue weighted by atomic mass is 10.0. The van der Waals surface area contributed by atoms with E-state index in [-0.39, 0.29) is 16.7 Å². The SMILES string of the molecule is CC(C)[C@H](NS(=O)(=O)c1ccc(Cl)cc1)C(=O)N1CCCCCC1. The Kier molecular flexibility index (Phi) is 6.66. The molecule has 7 heteroatoms. The Morgan fingerprint density at radius 2 is 1.62 bits per heavy atom. The third-order valence-electron chi connectivity index (χ3n) is 4.26. The van der Waals surface area contributed by atoms with Crippen LogP contribution >= 0.6 is 11.6 Å². The fourth-order valence-corrected chi connectivity index (χ4v) is 4.27. The number of carbonyl (C=O) groups excluding carboxylic acids is 1. The van der Waals surface area contributed by atoms with Gasteiger partial charge >= 0.3 is 0 Å². The maximum atomic E-state index is 12.8. The summed E-state index contributed by atoms with van der Waals surface area (Å²) in [5, 5.41) is 0.468. The van der Waals surface area contributed by atoms with Gasteiger partial charge in [0.15, 0.2) is 0 Å². The van der Waals surface area contributed by atoms with E-state index in [0.717, 1.165) is 25.7 Å². The van der Waals surface area contributed by atoms with Crippen LogP contribution in [0.5, 0.6) is 0 Å². The van der Waals surface area contributed by atoms with Crippen LogP contribution in [0.2, 0.25) is 5.02 Å². The quantitative estimate of drug-likeness (QED) is 0.863. The first kappa shape index (κ1) is 19.2. The zero-order valence-corrected chi connectivity index (χ0v) is 15.7. The molecule has 0 radical (unpaired) electrons. The van der Waals surface area contributed by atoms with Crippen molar-refractivity contribution in [1.29, 1.82) is 0 Å². The summed E-state index contributed by atoms with van der Waals surface area (Å²) in [6, 6.07) is 5.18. The third kappa shape index (κ3) is 4.94. The van der Waals surface area contributed by atoms with Crippen LogP contribution in [-0.4, -0.2) is 38.4 Å². The van der Waals surface area contributed by atoms with E-state index in [1.54, 1.807) is 4.90 Å². The van der Waals surface area contributed by atoms with Crippen molar-refractivity contribution >= 4 is 27.5 Å². The van der Waals surface area contributed by atoms with Crippen molar-refractivity contribution in [2.24, 2.45) is 5.92 Å². The molecular formula is C17H25ClN2O3S. The molecule has 1 saturated heterocycles. The van der Waals surface area contributed by atoms with Crippen LogP contribution < -0.4 is 4.72 Å². The molecule has 0 bridgehead atoms. The molecule has 0 spiro atoms. The third-order valence-corrected chi connectivity index (χ3v) is 5.97. The number of rotatable bonds is 5. The minimum atomic E-state index is -3.77. The highest BCUT2D eigenvalue weighted by molar-refractivity contribution is 7.89. The molecule has 1 atom stereocenters. The van der Waals surface area contributed by atoms with Crippen molar-refractivity contribution in [3.8, 4) is 0 Å². The van der Waals surface area contributed by atoms with Crippen molar-refractivity contribution in [2.45, 2.75) is 50.5 Å². The maximum Gasteiger partial charge on any atom is 0.241 e. The Balaban J connectivity index is 2.17. The molecule has 0 aromatic heterocycles. The lowest BCUT2D eigenvalue weighted by Gasteiger charge is -2.28. The Bertz CT molecular complexity index is 651. The number of hydrogen-bond donors (Lipinski definition) is 1. The Hall–Kier alpha value is -1.11. The maximum absolute atomic E-state index is 12.8. The van der Waals surface area contributed by atoms with Crippen LogP contribution in [0.3, 0.4) is 0 Å². The molecule has 1 aromatic carbocycles. The van der Waals surface area contributed by atoms with Gasteiger partial charge < -0.3 is 4.90 Å². The topological polar surface area (TPSA) is 66.5 Å². The van der Waals surface area contributed by atoms with Gasteiger partial charge in [0.25, 0.3) is 0 Å². The van der Waals surface area contributed by atoms with E-state index in [1.807, 2.05) is 13.8 Å². The average molecular weight is 373 g/mol. The van der Waals surface area contributed by atoms with E-state index in [9.17, 15) is 13.2 Å². The number of nitrogens with one attached hydrogen (secondary N) is 1. The van der Waals surface area contributed by atoms with Crippen LogP contribution in [-0.2, 0) is 14.8 Å². The van der Waals surface area contributed by atoms with E-state index in [2.05, 4.69) is 4.72 Å². The van der Waals surface area contributed by atoms with Crippen molar-refractivity contribution in [3.63, 3.8) is 0 Å². The Labute approximate surface area is 149 Å². The van der Waals surface area contributed by atoms with Crippen LogP contribution in [0, 0.1) is 5.92 Å². The fraction of sp³-hybridized carbons (Fsp3) is 0.588. The highest BCUT2D eigenvalue weighted by atomic mass is 35.5. The highest BCUT2D eigenvalue weighted by Gasteiger charge is 2.31. The lowest BCUT2D eigenvalue weighted by molar-refractivity contribution is -0.134. The van der Waals surface area contributed by atoms with Crippen molar-refractivity contribution in [2.75, 3.05) is 13.1 Å². The van der Waals surface area contributed by atoms with Gasteiger partial charge in [0.2, 0.25) is 15.9 Å². The number of carbonyl (C=O) groups is 1. The summed E-state index contributed by atoms with van der Waals surface area (Å²) < 4.78 is 27.8. The van der Waals surface area contributed by atoms with E-state index in [1.165, 1.54) is 24.3 Å². The van der Waals surface area contributed by atoms with Gasteiger partial charge in [0, 0.05) is 18.1 Å². The van der Waals surface area contributed by atoms with Crippen LogP contribution in [0.15, 0.2) is 29.2 Å². The van der Waals surface area contributed by atoms with Gasteiger partial charge in [0.05, 0.1) is 4.90 Å². The number of sulfonamides is 1. The van der Waals surface area contributed by atoms with Gasteiger partial charge in [0.1, 0.15) is 6.04 Å². The molecule has 1 amide bonds. The summed E-state index contributed by atoms with van der Waals surface area (Å²) in [7, 11) is -3.77. The second kappa shape index (κ2) is 8.32. The molecule has 1 aliphatic rings. The van der Waals surface area contributed by atoms with Crippen LogP contribution in [0.1, 0.15) is 39.5 Å². The summed E-state index contributed by atoms with van der Waals surface area (Å²) in [5.41, 5.74) is 0. The van der Waals surface area contributed by atoms with Crippen LogP contribution in [0.4, 0.5) is 0 Å². The molecule has 1 heterocycles. The van der Waals surface area contributed by atoms with Gasteiger partial charge in [-0.3, -0.25) is 4.79 Å². The van der Waals surface area contributed by atoms with E-state index in [0.29, 0.717) is 18.1 Å². The molecule has 1 aromatic rings. The molecular weight excluding hydrogens is 348 g/mol. The van der Waals surface area contributed by atoms with E-state index < -0.39 is 16.1 Å². The first-order valence-corrected chi connectivity index (χ1v) is 10.2. The summed E-state index contributed by atoms with van der Waals surface area (Å²) >= 11 is 5.81. The zero-order chi connectivity index (χ0) is 17.7. The smallest absolute Gasteiger partial charge is 0.241 e. The minimum Gasteiger partial charge on any atom is -0.341 e. The first-order chi connectivity index (χ1) is 11.3. The zero-order valence-electron chi connectivity index (χ0n) is 14.2. The van der Waals surface area contributed by atoms with Gasteiger partial charge in [-0.2, -0.15) is 4.72 Å². The number of amides is 1. The fourth-order valence-electron chi connectivity index (χ4n) is 2.81. The van der Waals surface area contributed by atoms with Gasteiger partial charge in [-0.1, -0.05) is 38.3 Å². The summed E-state index contributed by atoms with van der Waals surface area (Å²) in [6.45, 7) is 5.10. The molecule has 5 nitrogen and oxygen atoms in total. The molecule has 0 saturated carbocycles. The summed E-state index contributed by atoms with van der Waals surface area (Å²) in [4.78, 5) is 14.7. The molecule has 0 unspecified atom stereocenters. The number of halogens is 1. The van der Waals surface area contributed by atoms with Crippen LogP contribution in [0.25, 0.3) is 0 Å². The molecule has 134 valence electrons. The second-order valence-electron chi connectivity index (χ2n) is 6.54. The normalized spacial score (nSPS) is 17.6. The van der Waals surface area contributed by atoms with Gasteiger partial charge in [-0.25, -0.2) is 8.42 Å².